The molecule has 1 aromatic rings. The fourth-order valence-electron chi connectivity index (χ4n) is 2.88. The Hall–Kier alpha value is -1.45. The number of anilines is 2. The molecule has 0 atom stereocenters. The number of nitrogens with zero attached hydrogens (tertiary/aromatic N) is 2. The quantitative estimate of drug-likeness (QED) is 0.915. The number of hydrogen-bond donors (Lipinski definition) is 1. The van der Waals surface area contributed by atoms with Crippen LogP contribution in [0.5, 0.6) is 5.88 Å². The molecule has 0 amide bonds. The average Bonchev–Trinajstić information content (AvgIpc) is 2.41. The standard InChI is InChI=1S/C17H29N3O/c1-17(2,3)21-16-14(18)10-11-15(19-16)20(4)12-13-8-6-5-7-9-13/h10-11,13H,5-9,12,18H2,1-4H3. The summed E-state index contributed by atoms with van der Waals surface area (Å²) < 4.78 is 5.85. The minimum atomic E-state index is -0.290. The smallest absolute Gasteiger partial charge is 0.239 e. The summed E-state index contributed by atoms with van der Waals surface area (Å²) in [4.78, 5) is 6.83. The van der Waals surface area contributed by atoms with Crippen molar-refractivity contribution in [2.45, 2.75) is 58.5 Å². The lowest BCUT2D eigenvalue weighted by atomic mass is 9.89. The number of nitrogen functional groups attached to an aromatic ring is 1. The number of nitrogens with two attached hydrogens (primary N) is 1. The maximum absolute atomic E-state index is 5.98. The Morgan fingerprint density at radius 2 is 1.90 bits per heavy atom. The van der Waals surface area contributed by atoms with Crippen LogP contribution < -0.4 is 15.4 Å². The van der Waals surface area contributed by atoms with Gasteiger partial charge < -0.3 is 15.4 Å². The molecule has 0 aliphatic heterocycles. The van der Waals surface area contributed by atoms with Gasteiger partial charge >= 0.3 is 0 Å². The highest BCUT2D eigenvalue weighted by molar-refractivity contribution is 5.54. The van der Waals surface area contributed by atoms with Gasteiger partial charge in [0.2, 0.25) is 5.88 Å². The third-order valence-electron chi connectivity index (χ3n) is 3.93. The molecule has 118 valence electrons. The fourth-order valence-corrected chi connectivity index (χ4v) is 2.88. The average molecular weight is 291 g/mol. The maximum Gasteiger partial charge on any atom is 0.239 e. The predicted molar refractivity (Wildman–Crippen MR) is 88.9 cm³/mol. The van der Waals surface area contributed by atoms with Crippen LogP contribution in [0.1, 0.15) is 52.9 Å². The second kappa shape index (κ2) is 6.54. The van der Waals surface area contributed by atoms with Crippen LogP contribution in [0.2, 0.25) is 0 Å². The van der Waals surface area contributed by atoms with Gasteiger partial charge in [-0.3, -0.25) is 0 Å². The van der Waals surface area contributed by atoms with Crippen molar-refractivity contribution in [2.75, 3.05) is 24.2 Å². The molecule has 21 heavy (non-hydrogen) atoms. The summed E-state index contributed by atoms with van der Waals surface area (Å²) in [5.41, 5.74) is 6.28. The van der Waals surface area contributed by atoms with Crippen molar-refractivity contribution in [1.82, 2.24) is 4.98 Å². The number of rotatable bonds is 4. The SMILES string of the molecule is CN(CC1CCCCC1)c1ccc(N)c(OC(C)(C)C)n1. The maximum atomic E-state index is 5.98. The molecule has 1 saturated carbocycles. The minimum Gasteiger partial charge on any atom is -0.470 e. The van der Waals surface area contributed by atoms with Crippen LogP contribution in [0.25, 0.3) is 0 Å². The first-order valence-electron chi connectivity index (χ1n) is 8.02. The largest absolute Gasteiger partial charge is 0.470 e. The Kier molecular flexibility index (Phi) is 4.96. The minimum absolute atomic E-state index is 0.290. The molecule has 1 aromatic heterocycles. The van der Waals surface area contributed by atoms with E-state index < -0.39 is 0 Å². The third kappa shape index (κ3) is 4.80. The van der Waals surface area contributed by atoms with Crippen molar-refractivity contribution in [1.29, 1.82) is 0 Å². The summed E-state index contributed by atoms with van der Waals surface area (Å²) in [6, 6.07) is 3.87. The molecule has 0 radical (unpaired) electrons. The van der Waals surface area contributed by atoms with Crippen molar-refractivity contribution in [2.24, 2.45) is 5.92 Å². The van der Waals surface area contributed by atoms with E-state index in [0.717, 1.165) is 18.3 Å². The van der Waals surface area contributed by atoms with Crippen LogP contribution in [0.4, 0.5) is 11.5 Å². The van der Waals surface area contributed by atoms with Gasteiger partial charge in [0.25, 0.3) is 0 Å². The predicted octanol–water partition coefficient (Wildman–Crippen LogP) is 3.86. The first-order valence-corrected chi connectivity index (χ1v) is 8.02. The molecule has 0 aromatic carbocycles. The lowest BCUT2D eigenvalue weighted by Crippen LogP contribution is -2.28. The van der Waals surface area contributed by atoms with E-state index in [2.05, 4.69) is 16.9 Å². The number of pyridine rings is 1. The first kappa shape index (κ1) is 15.9. The number of ether oxygens (including phenoxy) is 1. The van der Waals surface area contributed by atoms with E-state index in [-0.39, 0.29) is 5.60 Å². The van der Waals surface area contributed by atoms with E-state index in [1.165, 1.54) is 32.1 Å². The summed E-state index contributed by atoms with van der Waals surface area (Å²) in [6.45, 7) is 7.08. The Morgan fingerprint density at radius 1 is 1.24 bits per heavy atom. The van der Waals surface area contributed by atoms with Gasteiger partial charge in [0.05, 0.1) is 5.69 Å². The summed E-state index contributed by atoms with van der Waals surface area (Å²) in [6.07, 6.45) is 6.80. The molecule has 2 rings (SSSR count). The summed E-state index contributed by atoms with van der Waals surface area (Å²) >= 11 is 0. The zero-order valence-electron chi connectivity index (χ0n) is 13.9. The van der Waals surface area contributed by atoms with Crippen LogP contribution >= 0.6 is 0 Å². The Balaban J connectivity index is 2.06. The van der Waals surface area contributed by atoms with Gasteiger partial charge in [-0.15, -0.1) is 0 Å². The van der Waals surface area contributed by atoms with E-state index in [4.69, 9.17) is 10.5 Å². The van der Waals surface area contributed by atoms with Gasteiger partial charge in [-0.05, 0) is 51.7 Å². The first-order chi connectivity index (χ1) is 9.85. The monoisotopic (exact) mass is 291 g/mol. The molecular weight excluding hydrogens is 262 g/mol. The fraction of sp³-hybridized carbons (Fsp3) is 0.706. The second-order valence-corrected chi connectivity index (χ2v) is 7.16. The van der Waals surface area contributed by atoms with E-state index in [9.17, 15) is 0 Å². The van der Waals surface area contributed by atoms with Gasteiger partial charge in [0, 0.05) is 13.6 Å². The van der Waals surface area contributed by atoms with Crippen molar-refractivity contribution >= 4 is 11.5 Å². The third-order valence-corrected chi connectivity index (χ3v) is 3.93. The zero-order valence-corrected chi connectivity index (χ0v) is 13.9. The normalized spacial score (nSPS) is 16.8. The molecule has 4 heteroatoms. The molecule has 0 unspecified atom stereocenters. The van der Waals surface area contributed by atoms with Gasteiger partial charge in [-0.1, -0.05) is 19.3 Å². The van der Waals surface area contributed by atoms with E-state index in [0.29, 0.717) is 11.6 Å². The highest BCUT2D eigenvalue weighted by Gasteiger charge is 2.19. The molecule has 0 saturated heterocycles. The summed E-state index contributed by atoms with van der Waals surface area (Å²) in [5, 5.41) is 0. The van der Waals surface area contributed by atoms with Crippen molar-refractivity contribution in [3.8, 4) is 5.88 Å². The topological polar surface area (TPSA) is 51.4 Å². The number of aromatic nitrogens is 1. The molecule has 1 heterocycles. The Labute approximate surface area is 128 Å². The van der Waals surface area contributed by atoms with Crippen LogP contribution in [0.3, 0.4) is 0 Å². The highest BCUT2D eigenvalue weighted by atomic mass is 16.5. The van der Waals surface area contributed by atoms with Gasteiger partial charge in [-0.25, -0.2) is 0 Å². The zero-order chi connectivity index (χ0) is 15.5. The van der Waals surface area contributed by atoms with Gasteiger partial charge in [0.1, 0.15) is 11.4 Å². The van der Waals surface area contributed by atoms with E-state index in [1.807, 2.05) is 32.9 Å². The van der Waals surface area contributed by atoms with Crippen LogP contribution in [0.15, 0.2) is 12.1 Å². The molecule has 1 fully saturated rings. The Bertz CT molecular complexity index is 462. The second-order valence-electron chi connectivity index (χ2n) is 7.16. The van der Waals surface area contributed by atoms with Crippen LogP contribution in [-0.4, -0.2) is 24.2 Å². The molecule has 4 nitrogen and oxygen atoms in total. The summed E-state index contributed by atoms with van der Waals surface area (Å²) in [7, 11) is 2.11. The van der Waals surface area contributed by atoms with Crippen molar-refractivity contribution < 1.29 is 4.74 Å². The van der Waals surface area contributed by atoms with Gasteiger partial charge in [0.15, 0.2) is 0 Å². The highest BCUT2D eigenvalue weighted by Crippen LogP contribution is 2.28. The molecule has 2 N–H and O–H groups in total. The molecule has 0 bridgehead atoms. The van der Waals surface area contributed by atoms with Gasteiger partial charge in [-0.2, -0.15) is 4.98 Å². The summed E-state index contributed by atoms with van der Waals surface area (Å²) in [5.74, 6) is 2.26. The van der Waals surface area contributed by atoms with Crippen LogP contribution in [-0.2, 0) is 0 Å². The van der Waals surface area contributed by atoms with E-state index >= 15 is 0 Å². The number of hydrogen-bond acceptors (Lipinski definition) is 4. The van der Waals surface area contributed by atoms with Crippen molar-refractivity contribution in [3.05, 3.63) is 12.1 Å². The molecular formula is C17H29N3O. The molecule has 1 aliphatic carbocycles. The Morgan fingerprint density at radius 3 is 2.52 bits per heavy atom. The lowest BCUT2D eigenvalue weighted by Gasteiger charge is -2.28. The molecule has 0 spiro atoms. The lowest BCUT2D eigenvalue weighted by molar-refractivity contribution is 0.125. The van der Waals surface area contributed by atoms with E-state index in [1.54, 1.807) is 0 Å². The molecule has 1 aliphatic rings. The van der Waals surface area contributed by atoms with Crippen molar-refractivity contribution in [3.63, 3.8) is 0 Å². The van der Waals surface area contributed by atoms with Crippen LogP contribution in [0, 0.1) is 5.92 Å².